The predicted molar refractivity (Wildman–Crippen MR) is 121 cm³/mol. The quantitative estimate of drug-likeness (QED) is 0.626. The second kappa shape index (κ2) is 9.83. The normalized spacial score (nSPS) is 21.5. The van der Waals surface area contributed by atoms with Crippen LogP contribution in [0.1, 0.15) is 57.5 Å². The third-order valence-electron chi connectivity index (χ3n) is 6.38. The average Bonchev–Trinajstić information content (AvgIpc) is 3.33. The lowest BCUT2D eigenvalue weighted by atomic mass is 9.92. The number of carbonyl (C=O) groups is 2. The summed E-state index contributed by atoms with van der Waals surface area (Å²) in [5.41, 5.74) is 1.28. The van der Waals surface area contributed by atoms with Gasteiger partial charge < -0.3 is 19.6 Å². The molecule has 4 heterocycles. The van der Waals surface area contributed by atoms with Crippen molar-refractivity contribution in [1.29, 1.82) is 0 Å². The van der Waals surface area contributed by atoms with Crippen LogP contribution in [0.25, 0.3) is 11.1 Å². The first-order valence-corrected chi connectivity index (χ1v) is 11.8. The third-order valence-corrected chi connectivity index (χ3v) is 6.38. The summed E-state index contributed by atoms with van der Waals surface area (Å²) in [5.74, 6) is 2.85. The summed E-state index contributed by atoms with van der Waals surface area (Å²) in [4.78, 5) is 37.5. The van der Waals surface area contributed by atoms with Gasteiger partial charge in [-0.05, 0) is 38.0 Å². The van der Waals surface area contributed by atoms with E-state index in [0.29, 0.717) is 55.7 Å². The van der Waals surface area contributed by atoms with Crippen LogP contribution < -0.4 is 10.2 Å². The van der Waals surface area contributed by atoms with E-state index < -0.39 is 0 Å². The molecule has 2 aliphatic heterocycles. The van der Waals surface area contributed by atoms with Gasteiger partial charge in [-0.15, -0.1) is 0 Å². The number of piperidine rings is 1. The number of rotatable bonds is 8. The van der Waals surface area contributed by atoms with Crippen molar-refractivity contribution in [1.82, 2.24) is 25.3 Å². The molecule has 0 radical (unpaired) electrons. The molecule has 0 spiro atoms. The molecule has 0 unspecified atom stereocenters. The van der Waals surface area contributed by atoms with Gasteiger partial charge in [0.15, 0.2) is 0 Å². The molecule has 32 heavy (non-hydrogen) atoms. The number of aromatic nitrogens is 3. The van der Waals surface area contributed by atoms with Crippen molar-refractivity contribution in [3.63, 3.8) is 0 Å². The minimum atomic E-state index is -0.0306. The van der Waals surface area contributed by atoms with Crippen molar-refractivity contribution >= 4 is 28.7 Å². The second-order valence-electron chi connectivity index (χ2n) is 9.45. The smallest absolute Gasteiger partial charge is 0.263 e. The van der Waals surface area contributed by atoms with E-state index >= 15 is 0 Å². The Bertz CT molecular complexity index is 964. The molecule has 0 bridgehead atoms. The molecule has 1 N–H and O–H groups in total. The Kier molecular flexibility index (Phi) is 6.91. The van der Waals surface area contributed by atoms with Gasteiger partial charge in [-0.25, -0.2) is 4.98 Å². The van der Waals surface area contributed by atoms with Gasteiger partial charge >= 0.3 is 0 Å². The Morgan fingerprint density at radius 2 is 2.00 bits per heavy atom. The molecular weight excluding hydrogens is 408 g/mol. The maximum Gasteiger partial charge on any atom is 0.263 e. The summed E-state index contributed by atoms with van der Waals surface area (Å²) in [6, 6.07) is 0. The van der Waals surface area contributed by atoms with Gasteiger partial charge in [0.25, 0.3) is 5.71 Å². The number of hydrogen-bond acceptors (Lipinski definition) is 7. The van der Waals surface area contributed by atoms with Gasteiger partial charge in [-0.1, -0.05) is 19.0 Å². The molecule has 0 aromatic carbocycles. The van der Waals surface area contributed by atoms with Crippen LogP contribution in [0.3, 0.4) is 0 Å². The summed E-state index contributed by atoms with van der Waals surface area (Å²) < 4.78 is 5.46. The Morgan fingerprint density at radius 1 is 1.22 bits per heavy atom. The van der Waals surface area contributed by atoms with E-state index in [-0.39, 0.29) is 11.8 Å². The van der Waals surface area contributed by atoms with Crippen LogP contribution in [0.2, 0.25) is 0 Å². The second-order valence-corrected chi connectivity index (χ2v) is 9.45. The number of amides is 2. The summed E-state index contributed by atoms with van der Waals surface area (Å²) >= 11 is 0. The lowest BCUT2D eigenvalue weighted by molar-refractivity contribution is -0.127. The molecule has 9 heteroatoms. The fourth-order valence-electron chi connectivity index (χ4n) is 4.94. The number of likely N-dealkylation sites (tertiary alicyclic amines) is 1. The molecule has 0 saturated carbocycles. The molecule has 2 aromatic rings. The molecule has 2 saturated heterocycles. The summed E-state index contributed by atoms with van der Waals surface area (Å²) in [5, 5.41) is 7.92. The lowest BCUT2D eigenvalue weighted by Crippen LogP contribution is -2.39. The zero-order chi connectivity index (χ0) is 22.7. The number of nitrogens with zero attached hydrogens (tertiary/aromatic N) is 5. The topological polar surface area (TPSA) is 104 Å². The van der Waals surface area contributed by atoms with Crippen LogP contribution >= 0.6 is 0 Å². The summed E-state index contributed by atoms with van der Waals surface area (Å²) in [6.45, 7) is 10.5. The van der Waals surface area contributed by atoms with Crippen LogP contribution in [-0.2, 0) is 16.0 Å². The van der Waals surface area contributed by atoms with Gasteiger partial charge in [0, 0.05) is 52.0 Å². The number of anilines is 1. The van der Waals surface area contributed by atoms with E-state index in [9.17, 15) is 9.59 Å². The van der Waals surface area contributed by atoms with Crippen molar-refractivity contribution in [3.8, 4) is 0 Å². The molecule has 2 fully saturated rings. The van der Waals surface area contributed by atoms with Gasteiger partial charge in [-0.3, -0.25) is 9.59 Å². The molecule has 2 aliphatic rings. The van der Waals surface area contributed by atoms with E-state index in [0.717, 1.165) is 49.4 Å². The van der Waals surface area contributed by atoms with Crippen LogP contribution in [0.4, 0.5) is 5.82 Å². The molecule has 0 aliphatic carbocycles. The average molecular weight is 443 g/mol. The highest BCUT2D eigenvalue weighted by atomic mass is 16.5. The van der Waals surface area contributed by atoms with Crippen molar-refractivity contribution < 1.29 is 14.1 Å². The molecule has 4 rings (SSSR count). The number of carbonyl (C=O) groups excluding carboxylic acids is 2. The van der Waals surface area contributed by atoms with Crippen molar-refractivity contribution in [2.75, 3.05) is 37.6 Å². The third kappa shape index (κ3) is 5.19. The number of aryl methyl sites for hydroxylation is 2. The van der Waals surface area contributed by atoms with E-state index in [4.69, 9.17) is 9.51 Å². The predicted octanol–water partition coefficient (Wildman–Crippen LogP) is 2.47. The van der Waals surface area contributed by atoms with Crippen LogP contribution in [0, 0.1) is 18.8 Å². The summed E-state index contributed by atoms with van der Waals surface area (Å²) in [6.07, 6.45) is 4.33. The molecule has 2 amide bonds. The lowest BCUT2D eigenvalue weighted by Gasteiger charge is -2.36. The zero-order valence-corrected chi connectivity index (χ0v) is 19.4. The highest BCUT2D eigenvalue weighted by molar-refractivity contribution is 5.88. The monoisotopic (exact) mass is 442 g/mol. The van der Waals surface area contributed by atoms with Crippen molar-refractivity contribution in [2.24, 2.45) is 11.8 Å². The first kappa shape index (κ1) is 22.5. The standard InChI is InChI=1S/C23H34N6O3/c1-15-12-16(2)14-29(13-15)22-21-17(3)27-32-23(21)26-18(25-22)7-8-19(30)24-9-5-11-28-10-4-6-20(28)31/h15-16H,4-14H2,1-3H3,(H,24,30)/t15-,16+. The number of hydrogen-bond donors (Lipinski definition) is 1. The maximum atomic E-state index is 12.3. The van der Waals surface area contributed by atoms with E-state index in [2.05, 4.69) is 34.2 Å². The zero-order valence-electron chi connectivity index (χ0n) is 19.4. The largest absolute Gasteiger partial charge is 0.356 e. The highest BCUT2D eigenvalue weighted by Crippen LogP contribution is 2.31. The van der Waals surface area contributed by atoms with Crippen molar-refractivity contribution in [2.45, 2.75) is 59.3 Å². The summed E-state index contributed by atoms with van der Waals surface area (Å²) in [7, 11) is 0. The van der Waals surface area contributed by atoms with E-state index in [1.807, 2.05) is 11.8 Å². The highest BCUT2D eigenvalue weighted by Gasteiger charge is 2.27. The fourth-order valence-corrected chi connectivity index (χ4v) is 4.94. The molecule has 9 nitrogen and oxygen atoms in total. The number of fused-ring (bicyclic) bond motifs is 1. The SMILES string of the molecule is Cc1noc2nc(CCC(=O)NCCCN3CCCC3=O)nc(N3C[C@H](C)C[C@H](C)C3)c12. The number of nitrogens with one attached hydrogen (secondary N) is 1. The van der Waals surface area contributed by atoms with Crippen LogP contribution in [0.5, 0.6) is 0 Å². The molecule has 2 atom stereocenters. The van der Waals surface area contributed by atoms with Gasteiger partial charge in [-0.2, -0.15) is 4.98 Å². The first-order valence-electron chi connectivity index (χ1n) is 11.8. The van der Waals surface area contributed by atoms with Crippen LogP contribution in [0.15, 0.2) is 4.52 Å². The molecular formula is C23H34N6O3. The van der Waals surface area contributed by atoms with E-state index in [1.54, 1.807) is 0 Å². The minimum absolute atomic E-state index is 0.0306. The minimum Gasteiger partial charge on any atom is -0.356 e. The Balaban J connectivity index is 1.35. The molecule has 174 valence electrons. The van der Waals surface area contributed by atoms with Crippen LogP contribution in [-0.4, -0.2) is 64.6 Å². The van der Waals surface area contributed by atoms with E-state index in [1.165, 1.54) is 6.42 Å². The molecule has 2 aromatic heterocycles. The Hall–Kier alpha value is -2.71. The van der Waals surface area contributed by atoms with Gasteiger partial charge in [0.05, 0.1) is 5.69 Å². The maximum absolute atomic E-state index is 12.3. The Labute approximate surface area is 188 Å². The van der Waals surface area contributed by atoms with Crippen molar-refractivity contribution in [3.05, 3.63) is 11.5 Å². The first-order chi connectivity index (χ1) is 15.4. The fraction of sp³-hybridized carbons (Fsp3) is 0.696. The van der Waals surface area contributed by atoms with Gasteiger partial charge in [0.1, 0.15) is 17.0 Å². The Morgan fingerprint density at radius 3 is 2.72 bits per heavy atom. The van der Waals surface area contributed by atoms with Gasteiger partial charge in [0.2, 0.25) is 11.8 Å².